The highest BCUT2D eigenvalue weighted by Gasteiger charge is 2.24. The van der Waals surface area contributed by atoms with Crippen molar-refractivity contribution in [1.82, 2.24) is 29.3 Å². The molecule has 32 heavy (non-hydrogen) atoms. The lowest BCUT2D eigenvalue weighted by molar-refractivity contribution is 0.700. The highest BCUT2D eigenvalue weighted by Crippen LogP contribution is 2.31. The van der Waals surface area contributed by atoms with Crippen LogP contribution in [0.4, 0.5) is 0 Å². The first-order valence-electron chi connectivity index (χ1n) is 10.2. The SMILES string of the molecule is Cc1ccccc1-n1nc2c3sccc3n(Cc3ccc(-n4cccn4)cc3)nc-2c1=O. The molecular formula is C24H18N6OS. The Morgan fingerprint density at radius 3 is 2.56 bits per heavy atom. The van der Waals surface area contributed by atoms with Crippen molar-refractivity contribution in [3.63, 3.8) is 0 Å². The smallest absolute Gasteiger partial charge is 0.265 e. The Hall–Kier alpha value is -4.04. The van der Waals surface area contributed by atoms with E-state index >= 15 is 0 Å². The molecule has 0 bridgehead atoms. The Labute approximate surface area is 187 Å². The molecule has 0 N–H and O–H groups in total. The molecule has 0 saturated carbocycles. The van der Waals surface area contributed by atoms with E-state index in [1.807, 2.05) is 76.4 Å². The van der Waals surface area contributed by atoms with Crippen molar-refractivity contribution in [2.45, 2.75) is 13.5 Å². The summed E-state index contributed by atoms with van der Waals surface area (Å²) in [5.41, 5.74) is 5.65. The van der Waals surface area contributed by atoms with Gasteiger partial charge >= 0.3 is 5.56 Å². The maximum Gasteiger partial charge on any atom is 0.301 e. The molecule has 0 unspecified atom stereocenters. The summed E-state index contributed by atoms with van der Waals surface area (Å²) in [5, 5.41) is 15.7. The number of fused-ring (bicyclic) bond motifs is 3. The molecule has 0 spiro atoms. The molecule has 6 rings (SSSR count). The highest BCUT2D eigenvalue weighted by atomic mass is 32.1. The van der Waals surface area contributed by atoms with Crippen LogP contribution in [0.5, 0.6) is 0 Å². The second kappa shape index (κ2) is 7.28. The van der Waals surface area contributed by atoms with Crippen LogP contribution in [-0.4, -0.2) is 29.3 Å². The van der Waals surface area contributed by atoms with Crippen molar-refractivity contribution in [1.29, 1.82) is 0 Å². The summed E-state index contributed by atoms with van der Waals surface area (Å²) in [7, 11) is 0. The topological polar surface area (TPSA) is 70.5 Å². The number of para-hydroxylation sites is 1. The number of thiophene rings is 1. The number of hydrogen-bond donors (Lipinski definition) is 0. The number of aromatic nitrogens is 6. The summed E-state index contributed by atoms with van der Waals surface area (Å²) in [6.45, 7) is 2.53. The zero-order valence-corrected chi connectivity index (χ0v) is 18.0. The van der Waals surface area contributed by atoms with Gasteiger partial charge in [-0.2, -0.15) is 20.0 Å². The van der Waals surface area contributed by atoms with Crippen molar-refractivity contribution in [3.8, 4) is 22.8 Å². The third kappa shape index (κ3) is 2.96. The molecule has 0 atom stereocenters. The van der Waals surface area contributed by atoms with E-state index in [4.69, 9.17) is 5.10 Å². The molecule has 0 saturated heterocycles. The maximum absolute atomic E-state index is 13.2. The van der Waals surface area contributed by atoms with Gasteiger partial charge in [0, 0.05) is 12.4 Å². The first-order chi connectivity index (χ1) is 15.7. The highest BCUT2D eigenvalue weighted by molar-refractivity contribution is 7.17. The van der Waals surface area contributed by atoms with Gasteiger partial charge in [0.25, 0.3) is 0 Å². The van der Waals surface area contributed by atoms with Gasteiger partial charge in [-0.1, -0.05) is 30.3 Å². The van der Waals surface area contributed by atoms with Crippen LogP contribution in [0, 0.1) is 6.92 Å². The van der Waals surface area contributed by atoms with Gasteiger partial charge in [0.15, 0.2) is 5.69 Å². The van der Waals surface area contributed by atoms with Gasteiger partial charge in [-0.3, -0.25) is 9.48 Å². The first kappa shape index (κ1) is 18.7. The summed E-state index contributed by atoms with van der Waals surface area (Å²) < 4.78 is 6.15. The van der Waals surface area contributed by atoms with Gasteiger partial charge in [0.1, 0.15) is 5.69 Å². The predicted octanol–water partition coefficient (Wildman–Crippen LogP) is 4.29. The van der Waals surface area contributed by atoms with Gasteiger partial charge in [0.05, 0.1) is 28.1 Å². The van der Waals surface area contributed by atoms with Crippen LogP contribution in [0.2, 0.25) is 0 Å². The van der Waals surface area contributed by atoms with Gasteiger partial charge in [0.2, 0.25) is 0 Å². The summed E-state index contributed by atoms with van der Waals surface area (Å²) in [4.78, 5) is 13.2. The molecule has 0 radical (unpaired) electrons. The summed E-state index contributed by atoms with van der Waals surface area (Å²) >= 11 is 1.58. The summed E-state index contributed by atoms with van der Waals surface area (Å²) in [6.07, 6.45) is 3.67. The molecule has 156 valence electrons. The third-order valence-corrected chi connectivity index (χ3v) is 6.47. The van der Waals surface area contributed by atoms with E-state index in [2.05, 4.69) is 22.3 Å². The average Bonchev–Trinajstić information content (AvgIpc) is 3.56. The van der Waals surface area contributed by atoms with Gasteiger partial charge in [-0.05, 0) is 53.8 Å². The molecule has 2 aliphatic rings. The molecule has 2 aliphatic heterocycles. The fourth-order valence-electron chi connectivity index (χ4n) is 3.93. The minimum Gasteiger partial charge on any atom is -0.265 e. The Bertz CT molecular complexity index is 1570. The lowest BCUT2D eigenvalue weighted by Crippen LogP contribution is -2.18. The van der Waals surface area contributed by atoms with Crippen LogP contribution >= 0.6 is 11.3 Å². The van der Waals surface area contributed by atoms with E-state index in [9.17, 15) is 4.79 Å². The molecule has 8 heteroatoms. The van der Waals surface area contributed by atoms with Crippen LogP contribution in [0.1, 0.15) is 11.1 Å². The van der Waals surface area contributed by atoms with E-state index in [0.29, 0.717) is 17.9 Å². The molecular weight excluding hydrogens is 420 g/mol. The molecule has 0 fully saturated rings. The summed E-state index contributed by atoms with van der Waals surface area (Å²) in [5.74, 6) is 0. The molecule has 7 nitrogen and oxygen atoms in total. The van der Waals surface area contributed by atoms with Crippen molar-refractivity contribution in [2.75, 3.05) is 0 Å². The van der Waals surface area contributed by atoms with Crippen molar-refractivity contribution < 1.29 is 0 Å². The second-order valence-electron chi connectivity index (χ2n) is 7.61. The normalized spacial score (nSPS) is 11.5. The quantitative estimate of drug-likeness (QED) is 0.412. The summed E-state index contributed by atoms with van der Waals surface area (Å²) in [6, 6.07) is 19.8. The molecule has 0 amide bonds. The molecule has 4 heterocycles. The molecule has 4 aromatic rings. The van der Waals surface area contributed by atoms with E-state index < -0.39 is 0 Å². The standard InChI is InChI=1S/C24H18N6OS/c1-16-5-2-3-6-19(16)30-24(31)22-21(27-30)23-20(11-14-32-23)29(26-22)15-17-7-9-18(10-8-17)28-13-4-12-25-28/h2-14H,15H2,1H3. The van der Waals surface area contributed by atoms with Crippen molar-refractivity contribution >= 4 is 21.6 Å². The lowest BCUT2D eigenvalue weighted by atomic mass is 10.2. The van der Waals surface area contributed by atoms with E-state index in [0.717, 1.165) is 32.7 Å². The van der Waals surface area contributed by atoms with Crippen molar-refractivity contribution in [3.05, 3.63) is 99.9 Å². The zero-order valence-electron chi connectivity index (χ0n) is 17.2. The number of nitrogens with zero attached hydrogens (tertiary/aromatic N) is 6. The lowest BCUT2D eigenvalue weighted by Gasteiger charge is -2.10. The van der Waals surface area contributed by atoms with Crippen LogP contribution < -0.4 is 5.56 Å². The van der Waals surface area contributed by atoms with Crippen molar-refractivity contribution in [2.24, 2.45) is 0 Å². The number of hydrogen-bond acceptors (Lipinski definition) is 5. The Morgan fingerprint density at radius 1 is 0.938 bits per heavy atom. The minimum atomic E-state index is -0.201. The molecule has 2 aromatic carbocycles. The number of aryl methyl sites for hydroxylation is 1. The van der Waals surface area contributed by atoms with Gasteiger partial charge < -0.3 is 0 Å². The fraction of sp³-hybridized carbons (Fsp3) is 0.0833. The van der Waals surface area contributed by atoms with Crippen LogP contribution in [0.15, 0.2) is 83.2 Å². The first-order valence-corrected chi connectivity index (χ1v) is 11.1. The fourth-order valence-corrected chi connectivity index (χ4v) is 4.80. The van der Waals surface area contributed by atoms with E-state index in [1.165, 1.54) is 4.68 Å². The predicted molar refractivity (Wildman–Crippen MR) is 125 cm³/mol. The maximum atomic E-state index is 13.2. The monoisotopic (exact) mass is 438 g/mol. The largest absolute Gasteiger partial charge is 0.301 e. The molecule has 0 aliphatic carbocycles. The molecule has 2 aromatic heterocycles. The average molecular weight is 439 g/mol. The Balaban J connectivity index is 1.46. The Morgan fingerprint density at radius 2 is 1.78 bits per heavy atom. The van der Waals surface area contributed by atoms with Gasteiger partial charge in [-0.25, -0.2) is 4.68 Å². The van der Waals surface area contributed by atoms with Crippen LogP contribution in [0.3, 0.4) is 0 Å². The van der Waals surface area contributed by atoms with E-state index in [1.54, 1.807) is 17.5 Å². The second-order valence-corrected chi connectivity index (χ2v) is 8.53. The Kier molecular flexibility index (Phi) is 4.26. The number of rotatable bonds is 4. The zero-order chi connectivity index (χ0) is 21.7. The van der Waals surface area contributed by atoms with E-state index in [-0.39, 0.29) is 5.56 Å². The van der Waals surface area contributed by atoms with Gasteiger partial charge in [-0.15, -0.1) is 11.3 Å². The minimum absolute atomic E-state index is 0.201. The number of benzene rings is 2. The van der Waals surface area contributed by atoms with Crippen LogP contribution in [-0.2, 0) is 6.54 Å². The van der Waals surface area contributed by atoms with Crippen LogP contribution in [0.25, 0.3) is 33.0 Å². The third-order valence-electron chi connectivity index (χ3n) is 5.56.